The smallest absolute Gasteiger partial charge is 0.257 e. The number of thioether (sulfide) groups is 1. The zero-order valence-electron chi connectivity index (χ0n) is 12.9. The molecular weight excluding hydrogens is 326 g/mol. The topological polar surface area (TPSA) is 87.7 Å². The van der Waals surface area contributed by atoms with Crippen molar-refractivity contribution in [2.24, 2.45) is 5.10 Å². The van der Waals surface area contributed by atoms with Crippen molar-refractivity contribution in [2.45, 2.75) is 12.1 Å². The number of hydrogen-bond donors (Lipinski definition) is 2. The molecule has 0 saturated heterocycles. The van der Waals surface area contributed by atoms with Gasteiger partial charge in [-0.15, -0.1) is 0 Å². The van der Waals surface area contributed by atoms with Crippen LogP contribution in [0.15, 0.2) is 63.3 Å². The Kier molecular flexibility index (Phi) is 4.81. The molecule has 0 unspecified atom stereocenters. The zero-order valence-corrected chi connectivity index (χ0v) is 13.7. The van der Waals surface area contributed by atoms with Crippen molar-refractivity contribution in [2.75, 3.05) is 5.75 Å². The van der Waals surface area contributed by atoms with Crippen molar-refractivity contribution in [3.05, 3.63) is 54.1 Å². The second kappa shape index (κ2) is 7.18. The molecule has 122 valence electrons. The van der Waals surface area contributed by atoms with Crippen LogP contribution in [0.5, 0.6) is 5.75 Å². The number of carbonyl (C=O) groups excluding carboxylic acids is 1. The molecule has 0 radical (unpaired) electrons. The number of aromatic nitrogens is 1. The Hall–Kier alpha value is -2.80. The van der Waals surface area contributed by atoms with Crippen LogP contribution in [0.3, 0.4) is 0 Å². The van der Waals surface area contributed by atoms with Gasteiger partial charge in [-0.05, 0) is 48.9 Å². The Morgan fingerprint density at radius 2 is 2.00 bits per heavy atom. The standard InChI is InChI=1S/C17H15N3O3S/c1-11(12-6-8-13(21)9-7-12)19-20-16(22)10-24-17-18-14-4-2-3-5-15(14)23-17/h2-9,21H,10H2,1H3,(H,20,22)/b19-11+. The largest absolute Gasteiger partial charge is 0.508 e. The number of phenolic OH excluding ortho intramolecular Hbond substituents is 1. The van der Waals surface area contributed by atoms with E-state index in [-0.39, 0.29) is 17.4 Å². The molecule has 6 nitrogen and oxygen atoms in total. The molecule has 24 heavy (non-hydrogen) atoms. The molecular formula is C17H15N3O3S. The number of phenols is 1. The second-order valence-corrected chi connectivity index (χ2v) is 5.94. The average Bonchev–Trinajstić information content (AvgIpc) is 3.01. The highest BCUT2D eigenvalue weighted by Gasteiger charge is 2.09. The van der Waals surface area contributed by atoms with E-state index in [1.54, 1.807) is 31.2 Å². The summed E-state index contributed by atoms with van der Waals surface area (Å²) in [6.45, 7) is 1.78. The molecule has 0 aliphatic heterocycles. The van der Waals surface area contributed by atoms with Crippen LogP contribution in [0.2, 0.25) is 0 Å². The molecule has 3 rings (SSSR count). The molecule has 0 aliphatic rings. The summed E-state index contributed by atoms with van der Waals surface area (Å²) >= 11 is 1.21. The third-order valence-electron chi connectivity index (χ3n) is 3.23. The molecule has 0 fully saturated rings. The van der Waals surface area contributed by atoms with Gasteiger partial charge in [-0.25, -0.2) is 10.4 Å². The van der Waals surface area contributed by atoms with Gasteiger partial charge >= 0.3 is 0 Å². The van der Waals surface area contributed by atoms with Gasteiger partial charge in [0, 0.05) is 0 Å². The lowest BCUT2D eigenvalue weighted by Crippen LogP contribution is -2.21. The SMILES string of the molecule is C/C(=N\NC(=O)CSc1nc2ccccc2o1)c1ccc(O)cc1. The van der Waals surface area contributed by atoms with Crippen molar-refractivity contribution in [3.8, 4) is 5.75 Å². The molecule has 0 atom stereocenters. The maximum Gasteiger partial charge on any atom is 0.257 e. The van der Waals surface area contributed by atoms with E-state index in [0.717, 1.165) is 11.1 Å². The Morgan fingerprint density at radius 3 is 2.75 bits per heavy atom. The third-order valence-corrected chi connectivity index (χ3v) is 4.06. The lowest BCUT2D eigenvalue weighted by molar-refractivity contribution is -0.118. The fourth-order valence-electron chi connectivity index (χ4n) is 1.99. The lowest BCUT2D eigenvalue weighted by Gasteiger charge is -2.02. The lowest BCUT2D eigenvalue weighted by atomic mass is 10.1. The minimum Gasteiger partial charge on any atom is -0.508 e. The normalized spacial score (nSPS) is 11.6. The van der Waals surface area contributed by atoms with Gasteiger partial charge in [0.15, 0.2) is 5.58 Å². The van der Waals surface area contributed by atoms with Crippen molar-refractivity contribution in [1.29, 1.82) is 0 Å². The van der Waals surface area contributed by atoms with Gasteiger partial charge in [-0.1, -0.05) is 23.9 Å². The van der Waals surface area contributed by atoms with Gasteiger partial charge in [-0.2, -0.15) is 5.10 Å². The number of hydrogen-bond acceptors (Lipinski definition) is 6. The fourth-order valence-corrected chi connectivity index (χ4v) is 2.62. The number of rotatable bonds is 5. The van der Waals surface area contributed by atoms with Gasteiger partial charge in [0.05, 0.1) is 11.5 Å². The number of para-hydroxylation sites is 2. The summed E-state index contributed by atoms with van der Waals surface area (Å²) in [5, 5.41) is 13.8. The Labute approximate surface area is 142 Å². The van der Waals surface area contributed by atoms with Crippen LogP contribution in [0.4, 0.5) is 0 Å². The summed E-state index contributed by atoms with van der Waals surface area (Å²) in [6.07, 6.45) is 0. The van der Waals surface area contributed by atoms with Gasteiger partial charge in [0.1, 0.15) is 11.3 Å². The molecule has 0 spiro atoms. The van der Waals surface area contributed by atoms with Crippen LogP contribution in [-0.4, -0.2) is 27.5 Å². The highest BCUT2D eigenvalue weighted by molar-refractivity contribution is 7.99. The van der Waals surface area contributed by atoms with Crippen molar-refractivity contribution >= 4 is 34.5 Å². The fraction of sp³-hybridized carbons (Fsp3) is 0.118. The van der Waals surface area contributed by atoms with Crippen molar-refractivity contribution < 1.29 is 14.3 Å². The van der Waals surface area contributed by atoms with Crippen LogP contribution < -0.4 is 5.43 Å². The number of hydrazone groups is 1. The molecule has 1 heterocycles. The van der Waals surface area contributed by atoms with Crippen molar-refractivity contribution in [1.82, 2.24) is 10.4 Å². The Bertz CT molecular complexity index is 854. The quantitative estimate of drug-likeness (QED) is 0.423. The highest BCUT2D eigenvalue weighted by Crippen LogP contribution is 2.22. The summed E-state index contributed by atoms with van der Waals surface area (Å²) in [5.41, 5.74) is 5.42. The number of nitrogens with one attached hydrogen (secondary N) is 1. The molecule has 1 aromatic heterocycles. The van der Waals surface area contributed by atoms with E-state index in [2.05, 4.69) is 15.5 Å². The predicted molar refractivity (Wildman–Crippen MR) is 93.2 cm³/mol. The maximum absolute atomic E-state index is 11.9. The van der Waals surface area contributed by atoms with Gasteiger partial charge in [0.2, 0.25) is 0 Å². The van der Waals surface area contributed by atoms with Gasteiger partial charge in [-0.3, -0.25) is 4.79 Å². The molecule has 2 N–H and O–H groups in total. The number of oxazole rings is 1. The maximum atomic E-state index is 11.9. The van der Waals surface area contributed by atoms with E-state index in [1.807, 2.05) is 24.3 Å². The number of fused-ring (bicyclic) bond motifs is 1. The number of benzene rings is 2. The first kappa shape index (κ1) is 16.1. The molecule has 2 aromatic carbocycles. The zero-order chi connectivity index (χ0) is 16.9. The highest BCUT2D eigenvalue weighted by atomic mass is 32.2. The van der Waals surface area contributed by atoms with E-state index < -0.39 is 0 Å². The number of nitrogens with zero attached hydrogens (tertiary/aromatic N) is 2. The molecule has 1 amide bonds. The molecule has 0 aliphatic carbocycles. The minimum absolute atomic E-state index is 0.152. The summed E-state index contributed by atoms with van der Waals surface area (Å²) < 4.78 is 5.54. The number of aromatic hydroxyl groups is 1. The first-order valence-electron chi connectivity index (χ1n) is 7.23. The molecule has 3 aromatic rings. The minimum atomic E-state index is -0.250. The van der Waals surface area contributed by atoms with Crippen LogP contribution in [0.1, 0.15) is 12.5 Å². The van der Waals surface area contributed by atoms with Crippen LogP contribution in [-0.2, 0) is 4.79 Å². The first-order valence-corrected chi connectivity index (χ1v) is 8.21. The number of carbonyl (C=O) groups is 1. The molecule has 0 saturated carbocycles. The monoisotopic (exact) mass is 341 g/mol. The summed E-state index contributed by atoms with van der Waals surface area (Å²) in [5.74, 6) is 0.0878. The number of amides is 1. The average molecular weight is 341 g/mol. The first-order chi connectivity index (χ1) is 11.6. The van der Waals surface area contributed by atoms with Crippen molar-refractivity contribution in [3.63, 3.8) is 0 Å². The van der Waals surface area contributed by atoms with E-state index >= 15 is 0 Å². The van der Waals surface area contributed by atoms with Crippen LogP contribution in [0.25, 0.3) is 11.1 Å². The van der Waals surface area contributed by atoms with Gasteiger partial charge < -0.3 is 9.52 Å². The Balaban J connectivity index is 1.55. The van der Waals surface area contributed by atoms with Gasteiger partial charge in [0.25, 0.3) is 11.1 Å². The summed E-state index contributed by atoms with van der Waals surface area (Å²) in [7, 11) is 0. The Morgan fingerprint density at radius 1 is 1.25 bits per heavy atom. The summed E-state index contributed by atoms with van der Waals surface area (Å²) in [4.78, 5) is 16.2. The van der Waals surface area contributed by atoms with Crippen LogP contribution >= 0.6 is 11.8 Å². The molecule has 7 heteroatoms. The van der Waals surface area contributed by atoms with E-state index in [9.17, 15) is 9.90 Å². The van der Waals surface area contributed by atoms with E-state index in [0.29, 0.717) is 16.5 Å². The third kappa shape index (κ3) is 3.94. The van der Waals surface area contributed by atoms with E-state index in [1.165, 1.54) is 11.8 Å². The second-order valence-electron chi connectivity index (χ2n) is 5.02. The summed E-state index contributed by atoms with van der Waals surface area (Å²) in [6, 6.07) is 14.0. The van der Waals surface area contributed by atoms with Crippen LogP contribution in [0, 0.1) is 0 Å². The predicted octanol–water partition coefficient (Wildman–Crippen LogP) is 3.17. The molecule has 0 bridgehead atoms. The van der Waals surface area contributed by atoms with E-state index in [4.69, 9.17) is 4.42 Å².